The van der Waals surface area contributed by atoms with Gasteiger partial charge in [0.05, 0.1) is 12.0 Å². The number of nitrogens with one attached hydrogen (secondary N) is 1. The molecule has 0 aliphatic heterocycles. The normalized spacial score (nSPS) is 11.9. The molecule has 0 aliphatic rings. The molecule has 0 atom stereocenters. The van der Waals surface area contributed by atoms with Crippen molar-refractivity contribution in [2.24, 2.45) is 11.1 Å². The van der Waals surface area contributed by atoms with Crippen LogP contribution in [-0.4, -0.2) is 17.4 Å². The molecule has 3 N–H and O–H groups in total. The van der Waals surface area contributed by atoms with Crippen molar-refractivity contribution in [1.82, 2.24) is 10.3 Å². The number of nitrogens with two attached hydrogens (primary N) is 1. The molecular formula is C12H19ClF3N3OS. The van der Waals surface area contributed by atoms with E-state index in [0.29, 0.717) is 12.8 Å². The van der Waals surface area contributed by atoms with Crippen molar-refractivity contribution < 1.29 is 18.0 Å². The Balaban J connectivity index is 0.00000400. The third kappa shape index (κ3) is 4.82. The smallest absolute Gasteiger partial charge is 0.349 e. The van der Waals surface area contributed by atoms with Gasteiger partial charge in [-0.05, 0) is 12.8 Å². The van der Waals surface area contributed by atoms with Gasteiger partial charge in [-0.2, -0.15) is 13.2 Å². The number of aromatic nitrogens is 1. The van der Waals surface area contributed by atoms with Gasteiger partial charge in [-0.1, -0.05) is 13.8 Å². The van der Waals surface area contributed by atoms with Crippen molar-refractivity contribution in [1.29, 1.82) is 0 Å². The van der Waals surface area contributed by atoms with E-state index >= 15 is 0 Å². The molecule has 1 aromatic rings. The topological polar surface area (TPSA) is 68.0 Å². The maximum Gasteiger partial charge on any atom is 0.434 e. The summed E-state index contributed by atoms with van der Waals surface area (Å²) >= 11 is 0.875. The minimum atomic E-state index is -4.45. The van der Waals surface area contributed by atoms with Crippen LogP contribution in [0.3, 0.4) is 0 Å². The maximum atomic E-state index is 12.4. The highest BCUT2D eigenvalue weighted by Gasteiger charge is 2.35. The first-order valence-electron chi connectivity index (χ1n) is 6.29. The van der Waals surface area contributed by atoms with Crippen molar-refractivity contribution in [3.05, 3.63) is 16.1 Å². The molecule has 0 bridgehead atoms. The van der Waals surface area contributed by atoms with Crippen molar-refractivity contribution in [3.8, 4) is 0 Å². The van der Waals surface area contributed by atoms with Crippen LogP contribution in [0.5, 0.6) is 0 Å². The molecule has 1 aromatic heterocycles. The Morgan fingerprint density at radius 2 is 1.95 bits per heavy atom. The Bertz CT molecular complexity index is 453. The van der Waals surface area contributed by atoms with E-state index in [1.165, 1.54) is 0 Å². The second-order valence-corrected chi connectivity index (χ2v) is 5.44. The molecule has 0 aromatic carbocycles. The van der Waals surface area contributed by atoms with E-state index in [0.717, 1.165) is 16.7 Å². The molecule has 0 saturated heterocycles. The van der Waals surface area contributed by atoms with Crippen LogP contribution < -0.4 is 11.1 Å². The lowest BCUT2D eigenvalue weighted by atomic mass is 9.81. The highest BCUT2D eigenvalue weighted by atomic mass is 35.5. The maximum absolute atomic E-state index is 12.4. The summed E-state index contributed by atoms with van der Waals surface area (Å²) in [6, 6.07) is 0. The van der Waals surface area contributed by atoms with Gasteiger partial charge in [0.2, 0.25) is 5.91 Å². The van der Waals surface area contributed by atoms with E-state index in [2.05, 4.69) is 10.3 Å². The summed E-state index contributed by atoms with van der Waals surface area (Å²) in [5.41, 5.74) is 4.05. The summed E-state index contributed by atoms with van der Waals surface area (Å²) < 4.78 is 37.2. The zero-order valence-corrected chi connectivity index (χ0v) is 13.4. The van der Waals surface area contributed by atoms with E-state index in [4.69, 9.17) is 5.73 Å². The fraction of sp³-hybridized carbons (Fsp3) is 0.667. The second kappa shape index (κ2) is 7.95. The number of halogens is 4. The standard InChI is InChI=1S/C12H18F3N3OS.ClH/c1-3-11(4-2,7-16)10(19)17-5-9-18-8(6-20-9)12(13,14)15;/h6H,3-5,7,16H2,1-2H3,(H,17,19);1H. The Hall–Kier alpha value is -0.860. The first-order valence-corrected chi connectivity index (χ1v) is 7.17. The highest BCUT2D eigenvalue weighted by molar-refractivity contribution is 7.09. The number of amides is 1. The van der Waals surface area contributed by atoms with Gasteiger partial charge in [0, 0.05) is 11.9 Å². The summed E-state index contributed by atoms with van der Waals surface area (Å²) in [7, 11) is 0. The Morgan fingerprint density at radius 1 is 1.38 bits per heavy atom. The SMILES string of the molecule is CCC(CC)(CN)C(=O)NCc1nc(C(F)(F)F)cs1.Cl. The average Bonchev–Trinajstić information content (AvgIpc) is 2.88. The van der Waals surface area contributed by atoms with Gasteiger partial charge in [-0.3, -0.25) is 4.79 Å². The monoisotopic (exact) mass is 345 g/mol. The summed E-state index contributed by atoms with van der Waals surface area (Å²) in [4.78, 5) is 15.6. The number of carbonyl (C=O) groups is 1. The number of rotatable bonds is 6. The van der Waals surface area contributed by atoms with Crippen LogP contribution in [0.2, 0.25) is 0 Å². The van der Waals surface area contributed by atoms with Crippen LogP contribution >= 0.6 is 23.7 Å². The predicted octanol–water partition coefficient (Wildman–Crippen LogP) is 2.97. The average molecular weight is 346 g/mol. The number of alkyl halides is 3. The summed E-state index contributed by atoms with van der Waals surface area (Å²) in [5.74, 6) is -0.242. The number of nitrogens with zero attached hydrogens (tertiary/aromatic N) is 1. The van der Waals surface area contributed by atoms with E-state index < -0.39 is 17.3 Å². The molecule has 0 saturated carbocycles. The lowest BCUT2D eigenvalue weighted by molar-refractivity contribution is -0.140. The summed E-state index contributed by atoms with van der Waals surface area (Å²) in [6.45, 7) is 3.92. The quantitative estimate of drug-likeness (QED) is 0.833. The number of carbonyl (C=O) groups excluding carboxylic acids is 1. The Labute approximate surface area is 131 Å². The van der Waals surface area contributed by atoms with E-state index in [9.17, 15) is 18.0 Å². The first kappa shape index (κ1) is 20.1. The van der Waals surface area contributed by atoms with Gasteiger partial charge in [-0.15, -0.1) is 23.7 Å². The number of hydrogen-bond acceptors (Lipinski definition) is 4. The molecule has 4 nitrogen and oxygen atoms in total. The zero-order chi connectivity index (χ0) is 15.4. The molecule has 9 heteroatoms. The molecule has 0 unspecified atom stereocenters. The van der Waals surface area contributed by atoms with Crippen LogP contribution in [0.1, 0.15) is 37.4 Å². The molecule has 0 aliphatic carbocycles. The molecule has 122 valence electrons. The van der Waals surface area contributed by atoms with E-state index in [1.807, 2.05) is 13.8 Å². The minimum absolute atomic E-state index is 0. The van der Waals surface area contributed by atoms with Crippen LogP contribution in [0.25, 0.3) is 0 Å². The van der Waals surface area contributed by atoms with Crippen molar-refractivity contribution in [2.45, 2.75) is 39.4 Å². The van der Waals surface area contributed by atoms with Crippen LogP contribution in [0, 0.1) is 5.41 Å². The molecule has 21 heavy (non-hydrogen) atoms. The molecule has 0 spiro atoms. The largest absolute Gasteiger partial charge is 0.434 e. The van der Waals surface area contributed by atoms with Crippen molar-refractivity contribution in [3.63, 3.8) is 0 Å². The van der Waals surface area contributed by atoms with Crippen molar-refractivity contribution in [2.75, 3.05) is 6.54 Å². The Morgan fingerprint density at radius 3 is 2.33 bits per heavy atom. The van der Waals surface area contributed by atoms with Crippen LogP contribution in [-0.2, 0) is 17.5 Å². The van der Waals surface area contributed by atoms with Gasteiger partial charge in [-0.25, -0.2) is 4.98 Å². The first-order chi connectivity index (χ1) is 9.29. The van der Waals surface area contributed by atoms with Crippen LogP contribution in [0.15, 0.2) is 5.38 Å². The lowest BCUT2D eigenvalue weighted by Crippen LogP contribution is -2.45. The van der Waals surface area contributed by atoms with E-state index in [1.54, 1.807) is 0 Å². The summed E-state index contributed by atoms with van der Waals surface area (Å²) in [5, 5.41) is 3.79. The fourth-order valence-electron chi connectivity index (χ4n) is 1.82. The number of hydrogen-bond donors (Lipinski definition) is 2. The highest BCUT2D eigenvalue weighted by Crippen LogP contribution is 2.30. The molecule has 1 rings (SSSR count). The minimum Gasteiger partial charge on any atom is -0.349 e. The molecule has 1 heterocycles. The third-order valence-corrected chi connectivity index (χ3v) is 4.32. The van der Waals surface area contributed by atoms with Crippen LogP contribution in [0.4, 0.5) is 13.2 Å². The van der Waals surface area contributed by atoms with Gasteiger partial charge < -0.3 is 11.1 Å². The molecule has 0 fully saturated rings. The van der Waals surface area contributed by atoms with Gasteiger partial charge in [0.15, 0.2) is 5.69 Å². The fourth-order valence-corrected chi connectivity index (χ4v) is 2.56. The predicted molar refractivity (Wildman–Crippen MR) is 78.3 cm³/mol. The molecular weight excluding hydrogens is 327 g/mol. The molecule has 1 amide bonds. The number of thiazole rings is 1. The van der Waals surface area contributed by atoms with Crippen molar-refractivity contribution >= 4 is 29.7 Å². The Kier molecular flexibility index (Phi) is 7.63. The molecule has 0 radical (unpaired) electrons. The van der Waals surface area contributed by atoms with Gasteiger partial charge in [0.1, 0.15) is 5.01 Å². The summed E-state index contributed by atoms with van der Waals surface area (Å²) in [6.07, 6.45) is -3.29. The van der Waals surface area contributed by atoms with Gasteiger partial charge >= 0.3 is 6.18 Å². The van der Waals surface area contributed by atoms with Gasteiger partial charge in [0.25, 0.3) is 0 Å². The third-order valence-electron chi connectivity index (χ3n) is 3.47. The zero-order valence-electron chi connectivity index (χ0n) is 11.8. The second-order valence-electron chi connectivity index (χ2n) is 4.50. The lowest BCUT2D eigenvalue weighted by Gasteiger charge is -2.28. The van der Waals surface area contributed by atoms with E-state index in [-0.39, 0.29) is 36.4 Å².